The molecule has 0 saturated carbocycles. The van der Waals surface area contributed by atoms with Gasteiger partial charge in [-0.2, -0.15) is 5.10 Å². The van der Waals surface area contributed by atoms with Crippen LogP contribution in [0.2, 0.25) is 0 Å². The quantitative estimate of drug-likeness (QED) is 0.646. The molecule has 0 N–H and O–H groups in total. The molecule has 1 heterocycles. The van der Waals surface area contributed by atoms with E-state index in [2.05, 4.69) is 17.1 Å². The Hall–Kier alpha value is -1.16. The standard InChI is InChI=1S/C10H16N2O2/c1-3-4-9-5-6-10(12-11-9)14-8-7-13-2/h5-6H,3-4,7-8H2,1-2H3. The van der Waals surface area contributed by atoms with Gasteiger partial charge in [0.2, 0.25) is 5.88 Å². The summed E-state index contributed by atoms with van der Waals surface area (Å²) in [5.41, 5.74) is 1.01. The molecule has 0 bridgehead atoms. The fraction of sp³-hybridized carbons (Fsp3) is 0.600. The van der Waals surface area contributed by atoms with Gasteiger partial charge >= 0.3 is 0 Å². The molecule has 0 atom stereocenters. The van der Waals surface area contributed by atoms with Crippen molar-refractivity contribution in [2.24, 2.45) is 0 Å². The van der Waals surface area contributed by atoms with E-state index in [-0.39, 0.29) is 0 Å². The maximum Gasteiger partial charge on any atom is 0.233 e. The predicted molar refractivity (Wildman–Crippen MR) is 53.4 cm³/mol. The van der Waals surface area contributed by atoms with Crippen molar-refractivity contribution in [3.05, 3.63) is 17.8 Å². The third-order valence-corrected chi connectivity index (χ3v) is 1.74. The van der Waals surface area contributed by atoms with E-state index in [0.29, 0.717) is 19.1 Å². The van der Waals surface area contributed by atoms with Crippen LogP contribution in [0, 0.1) is 0 Å². The Morgan fingerprint density at radius 1 is 1.21 bits per heavy atom. The van der Waals surface area contributed by atoms with Gasteiger partial charge in [0, 0.05) is 13.2 Å². The van der Waals surface area contributed by atoms with Crippen molar-refractivity contribution in [3.63, 3.8) is 0 Å². The molecule has 0 aliphatic heterocycles. The topological polar surface area (TPSA) is 44.2 Å². The minimum Gasteiger partial charge on any atom is -0.474 e. The van der Waals surface area contributed by atoms with E-state index in [4.69, 9.17) is 9.47 Å². The smallest absolute Gasteiger partial charge is 0.233 e. The Morgan fingerprint density at radius 2 is 2.07 bits per heavy atom. The Kier molecular flexibility index (Phi) is 4.93. The number of nitrogens with zero attached hydrogens (tertiary/aromatic N) is 2. The Labute approximate surface area is 84.3 Å². The maximum atomic E-state index is 5.28. The van der Waals surface area contributed by atoms with Crippen molar-refractivity contribution in [3.8, 4) is 5.88 Å². The molecule has 1 aromatic heterocycles. The summed E-state index contributed by atoms with van der Waals surface area (Å²) in [6.07, 6.45) is 2.05. The van der Waals surface area contributed by atoms with E-state index in [1.807, 2.05) is 12.1 Å². The minimum atomic E-state index is 0.512. The first-order valence-corrected chi connectivity index (χ1v) is 4.81. The number of methoxy groups -OCH3 is 1. The summed E-state index contributed by atoms with van der Waals surface area (Å²) in [6.45, 7) is 3.20. The SMILES string of the molecule is CCCc1ccc(OCCOC)nn1. The second-order valence-electron chi connectivity index (χ2n) is 2.95. The molecule has 1 aromatic rings. The lowest BCUT2D eigenvalue weighted by Gasteiger charge is -2.03. The Morgan fingerprint density at radius 3 is 2.64 bits per heavy atom. The molecule has 0 unspecified atom stereocenters. The number of aryl methyl sites for hydroxylation is 1. The molecule has 0 fully saturated rings. The highest BCUT2D eigenvalue weighted by atomic mass is 16.5. The first-order valence-electron chi connectivity index (χ1n) is 4.81. The van der Waals surface area contributed by atoms with Crippen molar-refractivity contribution in [1.82, 2.24) is 10.2 Å². The Balaban J connectivity index is 2.38. The Bertz CT molecular complexity index is 249. The predicted octanol–water partition coefficient (Wildman–Crippen LogP) is 1.45. The van der Waals surface area contributed by atoms with Crippen LogP contribution in [-0.4, -0.2) is 30.5 Å². The fourth-order valence-electron chi connectivity index (χ4n) is 1.04. The number of aromatic nitrogens is 2. The average molecular weight is 196 g/mol. The molecule has 1 rings (SSSR count). The van der Waals surface area contributed by atoms with Crippen LogP contribution in [0.5, 0.6) is 5.88 Å². The average Bonchev–Trinajstić information content (AvgIpc) is 2.21. The third kappa shape index (κ3) is 3.70. The van der Waals surface area contributed by atoms with Gasteiger partial charge in [-0.1, -0.05) is 13.3 Å². The molecule has 4 heteroatoms. The largest absolute Gasteiger partial charge is 0.474 e. The van der Waals surface area contributed by atoms with Crippen molar-refractivity contribution in [2.45, 2.75) is 19.8 Å². The van der Waals surface area contributed by atoms with Crippen molar-refractivity contribution in [1.29, 1.82) is 0 Å². The molecule has 0 saturated heterocycles. The van der Waals surface area contributed by atoms with Crippen LogP contribution >= 0.6 is 0 Å². The molecular weight excluding hydrogens is 180 g/mol. The molecule has 4 nitrogen and oxygen atoms in total. The van der Waals surface area contributed by atoms with Gasteiger partial charge in [-0.3, -0.25) is 0 Å². The summed E-state index contributed by atoms with van der Waals surface area (Å²) in [4.78, 5) is 0. The third-order valence-electron chi connectivity index (χ3n) is 1.74. The molecule has 78 valence electrons. The summed E-state index contributed by atoms with van der Waals surface area (Å²) in [6, 6.07) is 3.78. The van der Waals surface area contributed by atoms with Crippen LogP contribution in [0.3, 0.4) is 0 Å². The summed E-state index contributed by atoms with van der Waals surface area (Å²) < 4.78 is 10.1. The molecule has 0 aliphatic rings. The molecule has 0 spiro atoms. The zero-order chi connectivity index (χ0) is 10.2. The second kappa shape index (κ2) is 6.32. The van der Waals surface area contributed by atoms with Crippen LogP contribution in [0.25, 0.3) is 0 Å². The van der Waals surface area contributed by atoms with Gasteiger partial charge in [-0.25, -0.2) is 0 Å². The second-order valence-corrected chi connectivity index (χ2v) is 2.95. The van der Waals surface area contributed by atoms with Gasteiger partial charge in [-0.15, -0.1) is 5.10 Å². The van der Waals surface area contributed by atoms with Gasteiger partial charge in [0.15, 0.2) is 0 Å². The minimum absolute atomic E-state index is 0.512. The molecule has 0 amide bonds. The van der Waals surface area contributed by atoms with Crippen LogP contribution in [0.15, 0.2) is 12.1 Å². The highest BCUT2D eigenvalue weighted by molar-refractivity contribution is 5.11. The normalized spacial score (nSPS) is 10.1. The maximum absolute atomic E-state index is 5.28. The molecule has 0 aliphatic carbocycles. The van der Waals surface area contributed by atoms with Gasteiger partial charge in [0.05, 0.1) is 12.3 Å². The first kappa shape index (κ1) is 10.9. The van der Waals surface area contributed by atoms with E-state index in [9.17, 15) is 0 Å². The highest BCUT2D eigenvalue weighted by Gasteiger charge is 1.97. The van der Waals surface area contributed by atoms with Crippen molar-refractivity contribution in [2.75, 3.05) is 20.3 Å². The molecule has 14 heavy (non-hydrogen) atoms. The zero-order valence-electron chi connectivity index (χ0n) is 8.69. The van der Waals surface area contributed by atoms with Gasteiger partial charge in [-0.05, 0) is 12.5 Å². The monoisotopic (exact) mass is 196 g/mol. The lowest BCUT2D eigenvalue weighted by atomic mass is 10.2. The summed E-state index contributed by atoms with van der Waals surface area (Å²) in [7, 11) is 1.64. The summed E-state index contributed by atoms with van der Waals surface area (Å²) in [5, 5.41) is 7.97. The zero-order valence-corrected chi connectivity index (χ0v) is 8.69. The number of rotatable bonds is 6. The molecule has 0 radical (unpaired) electrons. The van der Waals surface area contributed by atoms with E-state index >= 15 is 0 Å². The fourth-order valence-corrected chi connectivity index (χ4v) is 1.04. The van der Waals surface area contributed by atoms with Crippen LogP contribution in [0.4, 0.5) is 0 Å². The van der Waals surface area contributed by atoms with Gasteiger partial charge in [0.25, 0.3) is 0 Å². The van der Waals surface area contributed by atoms with E-state index in [0.717, 1.165) is 18.5 Å². The number of hydrogen-bond acceptors (Lipinski definition) is 4. The van der Waals surface area contributed by atoms with Gasteiger partial charge in [0.1, 0.15) is 6.61 Å². The first-order chi connectivity index (χ1) is 6.86. The summed E-state index contributed by atoms with van der Waals surface area (Å²) >= 11 is 0. The number of hydrogen-bond donors (Lipinski definition) is 0. The lowest BCUT2D eigenvalue weighted by Crippen LogP contribution is -2.06. The van der Waals surface area contributed by atoms with Gasteiger partial charge < -0.3 is 9.47 Å². The van der Waals surface area contributed by atoms with Crippen LogP contribution in [0.1, 0.15) is 19.0 Å². The van der Waals surface area contributed by atoms with E-state index < -0.39 is 0 Å². The lowest BCUT2D eigenvalue weighted by molar-refractivity contribution is 0.143. The molecular formula is C10H16N2O2. The van der Waals surface area contributed by atoms with E-state index in [1.165, 1.54) is 0 Å². The molecule has 0 aromatic carbocycles. The van der Waals surface area contributed by atoms with Crippen LogP contribution in [-0.2, 0) is 11.2 Å². The van der Waals surface area contributed by atoms with Crippen LogP contribution < -0.4 is 4.74 Å². The van der Waals surface area contributed by atoms with Crippen molar-refractivity contribution >= 4 is 0 Å². The number of ether oxygens (including phenoxy) is 2. The van der Waals surface area contributed by atoms with Crippen molar-refractivity contribution < 1.29 is 9.47 Å². The summed E-state index contributed by atoms with van der Waals surface area (Å²) in [5.74, 6) is 0.557. The highest BCUT2D eigenvalue weighted by Crippen LogP contribution is 2.05. The van der Waals surface area contributed by atoms with E-state index in [1.54, 1.807) is 7.11 Å².